The number of carbonyl (C=O) groups excluding carboxylic acids is 1. The number of amides is 1. The van der Waals surface area contributed by atoms with Crippen molar-refractivity contribution in [2.24, 2.45) is 0 Å². The number of anilines is 2. The van der Waals surface area contributed by atoms with Gasteiger partial charge in [-0.05, 0) is 65.9 Å². The van der Waals surface area contributed by atoms with Gasteiger partial charge in [-0.2, -0.15) is 0 Å². The average Bonchev–Trinajstić information content (AvgIpc) is 3.31. The maximum Gasteiger partial charge on any atom is 0.264 e. The normalized spacial score (nSPS) is 13.7. The van der Waals surface area contributed by atoms with Crippen molar-refractivity contribution in [3.05, 3.63) is 83.9 Å². The molecule has 0 aliphatic carbocycles. The molecule has 10 heteroatoms. The van der Waals surface area contributed by atoms with Gasteiger partial charge in [0.05, 0.1) is 15.5 Å². The summed E-state index contributed by atoms with van der Waals surface area (Å²) in [4.78, 5) is 15.3. The van der Waals surface area contributed by atoms with Crippen LogP contribution in [0.15, 0.2) is 82.6 Å². The Morgan fingerprint density at radius 3 is 2.11 bits per heavy atom. The summed E-state index contributed by atoms with van der Waals surface area (Å²) in [6.07, 6.45) is 0.479. The Morgan fingerprint density at radius 1 is 0.865 bits per heavy atom. The Kier molecular flexibility index (Phi) is 7.45. The van der Waals surface area contributed by atoms with Crippen molar-refractivity contribution in [1.82, 2.24) is 4.31 Å². The second kappa shape index (κ2) is 10.3. The van der Waals surface area contributed by atoms with Crippen LogP contribution in [0.2, 0.25) is 0 Å². The molecular formula is C27H31N3O5S2. The number of hydrogen-bond acceptors (Lipinski definition) is 5. The van der Waals surface area contributed by atoms with E-state index < -0.39 is 32.5 Å². The third-order valence-corrected chi connectivity index (χ3v) is 10.1. The van der Waals surface area contributed by atoms with Crippen LogP contribution >= 0.6 is 0 Å². The maximum absolute atomic E-state index is 13.7. The first-order valence-electron chi connectivity index (χ1n) is 12.0. The maximum atomic E-state index is 13.7. The van der Waals surface area contributed by atoms with E-state index in [1.165, 1.54) is 37.2 Å². The summed E-state index contributed by atoms with van der Waals surface area (Å²) < 4.78 is 54.6. The van der Waals surface area contributed by atoms with Gasteiger partial charge >= 0.3 is 0 Å². The third-order valence-electron chi connectivity index (χ3n) is 6.48. The molecule has 0 fully saturated rings. The molecule has 8 nitrogen and oxygen atoms in total. The summed E-state index contributed by atoms with van der Waals surface area (Å²) in [6.45, 7) is 4.05. The lowest BCUT2D eigenvalue weighted by atomic mass is 10.0. The molecule has 37 heavy (non-hydrogen) atoms. The molecule has 196 valence electrons. The zero-order valence-electron chi connectivity index (χ0n) is 21.3. The summed E-state index contributed by atoms with van der Waals surface area (Å²) in [5, 5.41) is 0. The molecule has 4 rings (SSSR count). The lowest BCUT2D eigenvalue weighted by Gasteiger charge is -2.27. The van der Waals surface area contributed by atoms with E-state index in [9.17, 15) is 21.6 Å². The number of carbonyl (C=O) groups is 1. The first-order valence-corrected chi connectivity index (χ1v) is 14.8. The van der Waals surface area contributed by atoms with Gasteiger partial charge in [-0.3, -0.25) is 9.10 Å². The Labute approximate surface area is 219 Å². The van der Waals surface area contributed by atoms with Gasteiger partial charge in [-0.15, -0.1) is 0 Å². The van der Waals surface area contributed by atoms with E-state index in [1.807, 2.05) is 12.1 Å². The van der Waals surface area contributed by atoms with Gasteiger partial charge in [0.2, 0.25) is 15.9 Å². The minimum absolute atomic E-state index is 0.0936. The van der Waals surface area contributed by atoms with Gasteiger partial charge in [0.25, 0.3) is 10.0 Å². The van der Waals surface area contributed by atoms with Crippen molar-refractivity contribution in [3.8, 4) is 0 Å². The molecule has 0 saturated heterocycles. The minimum atomic E-state index is -4.02. The SMILES string of the molecule is CC(C)c1ccc(N(CC(=O)N2CCc3cc(S(=O)(=O)N(C)C)ccc32)S(=O)(=O)c2ccccc2)cc1. The van der Waals surface area contributed by atoms with Gasteiger partial charge in [0.1, 0.15) is 6.54 Å². The lowest BCUT2D eigenvalue weighted by Crippen LogP contribution is -2.42. The number of hydrogen-bond donors (Lipinski definition) is 0. The fourth-order valence-corrected chi connectivity index (χ4v) is 6.66. The second-order valence-electron chi connectivity index (χ2n) is 9.44. The van der Waals surface area contributed by atoms with Crippen LogP contribution in [-0.2, 0) is 31.3 Å². The predicted octanol–water partition coefficient (Wildman–Crippen LogP) is 3.84. The Morgan fingerprint density at radius 2 is 1.51 bits per heavy atom. The van der Waals surface area contributed by atoms with Crippen LogP contribution in [-0.4, -0.2) is 54.2 Å². The molecule has 3 aromatic carbocycles. The van der Waals surface area contributed by atoms with Gasteiger partial charge in [-0.25, -0.2) is 21.1 Å². The highest BCUT2D eigenvalue weighted by Gasteiger charge is 2.32. The van der Waals surface area contributed by atoms with Crippen LogP contribution in [0.5, 0.6) is 0 Å². The second-order valence-corrected chi connectivity index (χ2v) is 13.5. The van der Waals surface area contributed by atoms with Crippen molar-refractivity contribution in [2.75, 3.05) is 36.4 Å². The monoisotopic (exact) mass is 541 g/mol. The van der Waals surface area contributed by atoms with E-state index in [0.29, 0.717) is 24.3 Å². The smallest absolute Gasteiger partial charge is 0.264 e. The molecule has 0 radical (unpaired) electrons. The molecular weight excluding hydrogens is 510 g/mol. The highest BCUT2D eigenvalue weighted by atomic mass is 32.2. The summed E-state index contributed by atoms with van der Waals surface area (Å²) >= 11 is 0. The molecule has 0 saturated carbocycles. The van der Waals surface area contributed by atoms with Crippen LogP contribution < -0.4 is 9.21 Å². The van der Waals surface area contributed by atoms with Crippen LogP contribution in [0.4, 0.5) is 11.4 Å². The first kappa shape index (κ1) is 26.8. The minimum Gasteiger partial charge on any atom is -0.310 e. The molecule has 3 aromatic rings. The number of benzene rings is 3. The molecule has 1 aliphatic heterocycles. The highest BCUT2D eigenvalue weighted by Crippen LogP contribution is 2.32. The summed E-state index contributed by atoms with van der Waals surface area (Å²) in [5.41, 5.74) is 2.78. The van der Waals surface area contributed by atoms with E-state index in [1.54, 1.807) is 42.5 Å². The van der Waals surface area contributed by atoms with Crippen molar-refractivity contribution in [1.29, 1.82) is 0 Å². The summed E-state index contributed by atoms with van der Waals surface area (Å²) in [7, 11) is -4.70. The van der Waals surface area contributed by atoms with Gasteiger partial charge < -0.3 is 4.90 Å². The molecule has 0 bridgehead atoms. The highest BCUT2D eigenvalue weighted by molar-refractivity contribution is 7.92. The van der Waals surface area contributed by atoms with Crippen LogP contribution in [0, 0.1) is 0 Å². The van der Waals surface area contributed by atoms with Gasteiger partial charge in [-0.1, -0.05) is 44.2 Å². The average molecular weight is 542 g/mol. The number of sulfonamides is 2. The molecule has 0 unspecified atom stereocenters. The van der Waals surface area contributed by atoms with Crippen molar-refractivity contribution >= 4 is 37.3 Å². The topological polar surface area (TPSA) is 95.1 Å². The van der Waals surface area contributed by atoms with Crippen LogP contribution in [0.25, 0.3) is 0 Å². The van der Waals surface area contributed by atoms with E-state index >= 15 is 0 Å². The Bertz CT molecular complexity index is 1500. The molecule has 0 atom stereocenters. The van der Waals surface area contributed by atoms with Crippen molar-refractivity contribution < 1.29 is 21.6 Å². The zero-order chi connectivity index (χ0) is 27.0. The zero-order valence-corrected chi connectivity index (χ0v) is 23.0. The Hall–Kier alpha value is -3.21. The van der Waals surface area contributed by atoms with E-state index in [0.717, 1.165) is 19.7 Å². The predicted molar refractivity (Wildman–Crippen MR) is 145 cm³/mol. The fourth-order valence-electron chi connectivity index (χ4n) is 4.28. The molecule has 0 aromatic heterocycles. The largest absolute Gasteiger partial charge is 0.310 e. The Balaban J connectivity index is 1.68. The van der Waals surface area contributed by atoms with E-state index in [-0.39, 0.29) is 15.7 Å². The summed E-state index contributed by atoms with van der Waals surface area (Å²) in [5.74, 6) is -0.119. The number of nitrogens with zero attached hydrogens (tertiary/aromatic N) is 3. The molecule has 1 heterocycles. The van der Waals surface area contributed by atoms with Crippen molar-refractivity contribution in [3.63, 3.8) is 0 Å². The third kappa shape index (κ3) is 5.27. The molecule has 0 N–H and O–H groups in total. The van der Waals surface area contributed by atoms with Crippen LogP contribution in [0.3, 0.4) is 0 Å². The fraction of sp³-hybridized carbons (Fsp3) is 0.296. The lowest BCUT2D eigenvalue weighted by molar-refractivity contribution is -0.117. The van der Waals surface area contributed by atoms with E-state index in [2.05, 4.69) is 13.8 Å². The standard InChI is InChI=1S/C27H31N3O5S2/c1-20(2)21-10-12-23(13-11-21)30(37(34,35)24-8-6-5-7-9-24)19-27(31)29-17-16-22-18-25(14-15-26(22)29)36(32,33)28(3)4/h5-15,18,20H,16-17,19H2,1-4H3. The molecule has 1 amide bonds. The van der Waals surface area contributed by atoms with E-state index in [4.69, 9.17) is 0 Å². The summed E-state index contributed by atoms with van der Waals surface area (Å²) in [6, 6.07) is 19.9. The number of rotatable bonds is 8. The van der Waals surface area contributed by atoms with Crippen LogP contribution in [0.1, 0.15) is 30.9 Å². The quantitative estimate of drug-likeness (QED) is 0.432. The van der Waals surface area contributed by atoms with Gasteiger partial charge in [0, 0.05) is 26.3 Å². The van der Waals surface area contributed by atoms with Gasteiger partial charge in [0.15, 0.2) is 0 Å². The molecule has 0 spiro atoms. The molecule has 1 aliphatic rings. The number of fused-ring (bicyclic) bond motifs is 1. The first-order chi connectivity index (χ1) is 17.4. The van der Waals surface area contributed by atoms with Crippen molar-refractivity contribution in [2.45, 2.75) is 36.0 Å².